The maximum Gasteiger partial charge on any atom is 0.243 e. The number of benzene rings is 2. The summed E-state index contributed by atoms with van der Waals surface area (Å²) in [6.45, 7) is 5.59. The van der Waals surface area contributed by atoms with E-state index < -0.39 is 10.0 Å². The van der Waals surface area contributed by atoms with Crippen LogP contribution in [0.25, 0.3) is 0 Å². The smallest absolute Gasteiger partial charge is 0.243 e. The number of nitrogens with zero attached hydrogens (tertiary/aromatic N) is 4. The van der Waals surface area contributed by atoms with E-state index in [2.05, 4.69) is 45.8 Å². The number of amides is 1. The van der Waals surface area contributed by atoms with Crippen LogP contribution in [0, 0.1) is 6.92 Å². The molecule has 0 atom stereocenters. The second kappa shape index (κ2) is 9.98. The van der Waals surface area contributed by atoms with Gasteiger partial charge in [-0.3, -0.25) is 4.79 Å². The summed E-state index contributed by atoms with van der Waals surface area (Å²) in [5.41, 5.74) is 2.96. The number of aromatic nitrogens is 2. The minimum absolute atomic E-state index is 0.197. The molecular weight excluding hydrogens is 458 g/mol. The third kappa shape index (κ3) is 5.76. The van der Waals surface area contributed by atoms with E-state index in [1.54, 1.807) is 12.1 Å². The first kappa shape index (κ1) is 23.3. The fraction of sp³-hybridized carbons (Fsp3) is 0.348. The van der Waals surface area contributed by atoms with E-state index in [0.29, 0.717) is 38.2 Å². The van der Waals surface area contributed by atoms with Gasteiger partial charge in [-0.25, -0.2) is 13.4 Å². The minimum Gasteiger partial charge on any atom is -0.345 e. The van der Waals surface area contributed by atoms with Crippen LogP contribution in [0.1, 0.15) is 30.3 Å². The first-order valence-electron chi connectivity index (χ1n) is 10.8. The summed E-state index contributed by atoms with van der Waals surface area (Å²) < 4.78 is 32.3. The normalized spacial score (nSPS) is 15.3. The van der Waals surface area contributed by atoms with Gasteiger partial charge in [0.15, 0.2) is 0 Å². The lowest BCUT2D eigenvalue weighted by molar-refractivity contribution is -0.114. The predicted molar refractivity (Wildman–Crippen MR) is 130 cm³/mol. The Bertz CT molecular complexity index is 1210. The zero-order chi connectivity index (χ0) is 23.4. The zero-order valence-corrected chi connectivity index (χ0v) is 20.3. The molecule has 3 aromatic rings. The van der Waals surface area contributed by atoms with Gasteiger partial charge in [0.2, 0.25) is 21.1 Å². The fourth-order valence-corrected chi connectivity index (χ4v) is 5.93. The third-order valence-electron chi connectivity index (χ3n) is 5.48. The second-order valence-electron chi connectivity index (χ2n) is 8.11. The maximum absolute atomic E-state index is 13.1. The highest BCUT2D eigenvalue weighted by Gasteiger charge is 2.28. The summed E-state index contributed by atoms with van der Waals surface area (Å²) in [5, 5.41) is 3.48. The average Bonchev–Trinajstić information content (AvgIpc) is 3.09. The Kier molecular flexibility index (Phi) is 7.06. The molecular formula is C23H27N5O3S2. The molecule has 1 N–H and O–H groups in total. The average molecular weight is 486 g/mol. The Morgan fingerprint density at radius 3 is 2.45 bits per heavy atom. The van der Waals surface area contributed by atoms with Crippen LogP contribution in [0.4, 0.5) is 10.8 Å². The Morgan fingerprint density at radius 1 is 1.03 bits per heavy atom. The molecule has 1 aromatic heterocycles. The van der Waals surface area contributed by atoms with Crippen molar-refractivity contribution in [2.45, 2.75) is 31.6 Å². The van der Waals surface area contributed by atoms with Gasteiger partial charge < -0.3 is 10.2 Å². The molecule has 1 aliphatic heterocycles. The monoisotopic (exact) mass is 485 g/mol. The van der Waals surface area contributed by atoms with Crippen LogP contribution in [-0.4, -0.2) is 54.2 Å². The first-order valence-corrected chi connectivity index (χ1v) is 13.0. The van der Waals surface area contributed by atoms with Gasteiger partial charge in [0.05, 0.1) is 4.90 Å². The Morgan fingerprint density at radius 2 is 1.76 bits per heavy atom. The van der Waals surface area contributed by atoms with Gasteiger partial charge in [-0.1, -0.05) is 29.8 Å². The SMILES string of the molecule is CC(=O)Nc1ccc(S(=O)(=O)N2CCCN(c3nc(Cc4ccc(C)cc4)ns3)CC2)cc1. The van der Waals surface area contributed by atoms with Gasteiger partial charge in [-0.2, -0.15) is 8.68 Å². The van der Waals surface area contributed by atoms with Gasteiger partial charge in [-0.05, 0) is 43.2 Å². The van der Waals surface area contributed by atoms with Crippen molar-refractivity contribution in [3.8, 4) is 0 Å². The molecule has 8 nitrogen and oxygen atoms in total. The van der Waals surface area contributed by atoms with Crippen molar-refractivity contribution in [3.05, 3.63) is 65.5 Å². The number of carbonyl (C=O) groups is 1. The Hall–Kier alpha value is -2.82. The highest BCUT2D eigenvalue weighted by molar-refractivity contribution is 7.89. The Balaban J connectivity index is 1.40. The molecule has 1 fully saturated rings. The van der Waals surface area contributed by atoms with Crippen LogP contribution < -0.4 is 10.2 Å². The van der Waals surface area contributed by atoms with Gasteiger partial charge in [0, 0.05) is 56.7 Å². The van der Waals surface area contributed by atoms with Crippen molar-refractivity contribution in [2.75, 3.05) is 36.4 Å². The summed E-state index contributed by atoms with van der Waals surface area (Å²) in [6.07, 6.45) is 1.38. The van der Waals surface area contributed by atoms with Crippen LogP contribution in [0.2, 0.25) is 0 Å². The van der Waals surface area contributed by atoms with Crippen LogP contribution in [0.3, 0.4) is 0 Å². The first-order chi connectivity index (χ1) is 15.8. The van der Waals surface area contributed by atoms with Crippen LogP contribution in [-0.2, 0) is 21.2 Å². The molecule has 10 heteroatoms. The summed E-state index contributed by atoms with van der Waals surface area (Å²) in [4.78, 5) is 18.2. The number of anilines is 2. The van der Waals surface area contributed by atoms with E-state index in [9.17, 15) is 13.2 Å². The highest BCUT2D eigenvalue weighted by Crippen LogP contribution is 2.24. The quantitative estimate of drug-likeness (QED) is 0.576. The van der Waals surface area contributed by atoms with Gasteiger partial charge >= 0.3 is 0 Å². The number of hydrogen-bond acceptors (Lipinski definition) is 7. The van der Waals surface area contributed by atoms with Crippen molar-refractivity contribution < 1.29 is 13.2 Å². The molecule has 174 valence electrons. The van der Waals surface area contributed by atoms with Gasteiger partial charge in [0.1, 0.15) is 5.82 Å². The number of rotatable bonds is 6. The summed E-state index contributed by atoms with van der Waals surface area (Å²) in [7, 11) is -3.61. The van der Waals surface area contributed by atoms with E-state index in [-0.39, 0.29) is 10.8 Å². The van der Waals surface area contributed by atoms with E-state index in [0.717, 1.165) is 17.5 Å². The largest absolute Gasteiger partial charge is 0.345 e. The standard InChI is InChI=1S/C23H27N5O3S2/c1-17-4-6-19(7-5-17)16-22-25-23(32-26-22)27-12-3-13-28(15-14-27)33(30,31)21-10-8-20(9-11-21)24-18(2)29/h4-11H,3,12-16H2,1-2H3,(H,24,29). The van der Waals surface area contributed by atoms with Crippen LogP contribution in [0.15, 0.2) is 53.4 Å². The minimum atomic E-state index is -3.61. The molecule has 0 spiro atoms. The number of sulfonamides is 1. The molecule has 0 unspecified atom stereocenters. The molecule has 1 amide bonds. The lowest BCUT2D eigenvalue weighted by Crippen LogP contribution is -2.35. The summed E-state index contributed by atoms with van der Waals surface area (Å²) in [6, 6.07) is 14.6. The summed E-state index contributed by atoms with van der Waals surface area (Å²) >= 11 is 1.36. The van der Waals surface area contributed by atoms with E-state index >= 15 is 0 Å². The lowest BCUT2D eigenvalue weighted by Gasteiger charge is -2.21. The van der Waals surface area contributed by atoms with Crippen molar-refractivity contribution in [2.24, 2.45) is 0 Å². The van der Waals surface area contributed by atoms with Crippen LogP contribution in [0.5, 0.6) is 0 Å². The van der Waals surface area contributed by atoms with E-state index in [1.165, 1.54) is 46.0 Å². The van der Waals surface area contributed by atoms with Crippen molar-refractivity contribution >= 4 is 38.3 Å². The maximum atomic E-state index is 13.1. The molecule has 4 rings (SSSR count). The van der Waals surface area contributed by atoms with Crippen molar-refractivity contribution in [1.82, 2.24) is 13.7 Å². The van der Waals surface area contributed by atoms with E-state index in [4.69, 9.17) is 4.98 Å². The molecule has 0 saturated carbocycles. The Labute approximate surface area is 198 Å². The fourth-order valence-electron chi connectivity index (χ4n) is 3.72. The highest BCUT2D eigenvalue weighted by atomic mass is 32.2. The zero-order valence-electron chi connectivity index (χ0n) is 18.7. The number of carbonyl (C=O) groups excluding carboxylic acids is 1. The van der Waals surface area contributed by atoms with Crippen LogP contribution >= 0.6 is 11.5 Å². The predicted octanol–water partition coefficient (Wildman–Crippen LogP) is 3.30. The molecule has 33 heavy (non-hydrogen) atoms. The third-order valence-corrected chi connectivity index (χ3v) is 8.21. The molecule has 0 aliphatic carbocycles. The second-order valence-corrected chi connectivity index (χ2v) is 10.8. The molecule has 0 radical (unpaired) electrons. The molecule has 0 bridgehead atoms. The topological polar surface area (TPSA) is 95.5 Å². The number of hydrogen-bond donors (Lipinski definition) is 1. The van der Waals surface area contributed by atoms with Gasteiger partial charge in [0.25, 0.3) is 0 Å². The number of nitrogens with one attached hydrogen (secondary N) is 1. The van der Waals surface area contributed by atoms with Crippen molar-refractivity contribution in [3.63, 3.8) is 0 Å². The molecule has 1 aliphatic rings. The number of aryl methyl sites for hydroxylation is 1. The molecule has 2 heterocycles. The van der Waals surface area contributed by atoms with E-state index in [1.807, 2.05) is 0 Å². The summed E-state index contributed by atoms with van der Waals surface area (Å²) in [5.74, 6) is 0.587. The lowest BCUT2D eigenvalue weighted by atomic mass is 10.1. The van der Waals surface area contributed by atoms with Crippen molar-refractivity contribution in [1.29, 1.82) is 0 Å². The van der Waals surface area contributed by atoms with Gasteiger partial charge in [-0.15, -0.1) is 0 Å². The molecule has 2 aromatic carbocycles. The molecule has 1 saturated heterocycles.